The Morgan fingerprint density at radius 3 is 2.64 bits per heavy atom. The number of pyridine rings is 1. The highest BCUT2D eigenvalue weighted by molar-refractivity contribution is 6.30. The van der Waals surface area contributed by atoms with Crippen molar-refractivity contribution >= 4 is 35.2 Å². The van der Waals surface area contributed by atoms with Crippen LogP contribution in [0, 0.1) is 5.92 Å². The molecule has 1 atom stereocenters. The van der Waals surface area contributed by atoms with Gasteiger partial charge in [-0.05, 0) is 87.4 Å². The number of benzene rings is 1. The van der Waals surface area contributed by atoms with Gasteiger partial charge in [0.15, 0.2) is 0 Å². The van der Waals surface area contributed by atoms with Gasteiger partial charge in [-0.3, -0.25) is 9.98 Å². The number of carbonyl (C=O) groups excluding carboxylic acids is 1. The lowest BCUT2D eigenvalue weighted by atomic mass is 9.76. The van der Waals surface area contributed by atoms with Gasteiger partial charge in [0.1, 0.15) is 5.60 Å². The second-order valence-electron chi connectivity index (χ2n) is 11.0. The fourth-order valence-corrected chi connectivity index (χ4v) is 5.83. The van der Waals surface area contributed by atoms with E-state index in [-0.39, 0.29) is 12.0 Å². The van der Waals surface area contributed by atoms with Crippen LogP contribution in [0.5, 0.6) is 0 Å². The van der Waals surface area contributed by atoms with E-state index in [0.29, 0.717) is 19.0 Å². The molecule has 3 heterocycles. The molecule has 0 bridgehead atoms. The fourth-order valence-electron chi connectivity index (χ4n) is 5.65. The molecule has 0 spiro atoms. The van der Waals surface area contributed by atoms with Crippen LogP contribution in [-0.2, 0) is 4.74 Å². The van der Waals surface area contributed by atoms with E-state index in [1.807, 2.05) is 44.0 Å². The number of nitrogens with zero attached hydrogens (tertiary/aromatic N) is 4. The van der Waals surface area contributed by atoms with Gasteiger partial charge >= 0.3 is 6.09 Å². The Bertz CT molecular complexity index is 1210. The van der Waals surface area contributed by atoms with E-state index in [0.717, 1.165) is 54.6 Å². The van der Waals surface area contributed by atoms with Gasteiger partial charge in [0.2, 0.25) is 0 Å². The molecule has 1 saturated heterocycles. The van der Waals surface area contributed by atoms with Crippen molar-refractivity contribution in [3.63, 3.8) is 0 Å². The molecule has 6 nitrogen and oxygen atoms in total. The van der Waals surface area contributed by atoms with Crippen LogP contribution in [0.1, 0.15) is 68.8 Å². The molecule has 3 aliphatic rings. The number of amidine groups is 1. The van der Waals surface area contributed by atoms with Gasteiger partial charge in [-0.25, -0.2) is 4.79 Å². The summed E-state index contributed by atoms with van der Waals surface area (Å²) in [5, 5.41) is 0.737. The number of ether oxygens (including phenoxy) is 1. The smallest absolute Gasteiger partial charge is 0.410 e. The maximum atomic E-state index is 12.7. The maximum absolute atomic E-state index is 12.7. The van der Waals surface area contributed by atoms with Crippen LogP contribution >= 0.6 is 11.6 Å². The van der Waals surface area contributed by atoms with Crippen molar-refractivity contribution in [2.45, 2.75) is 52.1 Å². The Kier molecular flexibility index (Phi) is 6.82. The highest BCUT2D eigenvalue weighted by atomic mass is 35.5. The van der Waals surface area contributed by atoms with Crippen LogP contribution < -0.4 is 0 Å². The highest BCUT2D eigenvalue weighted by Crippen LogP contribution is 2.45. The summed E-state index contributed by atoms with van der Waals surface area (Å²) in [5.74, 6) is 1.58. The number of likely N-dealkylation sites (tertiary alicyclic amines) is 1. The van der Waals surface area contributed by atoms with Crippen LogP contribution in [0.15, 0.2) is 41.5 Å². The van der Waals surface area contributed by atoms with E-state index in [1.54, 1.807) is 0 Å². The van der Waals surface area contributed by atoms with Crippen molar-refractivity contribution < 1.29 is 9.53 Å². The number of aromatic nitrogens is 1. The molecule has 1 aromatic carbocycles. The van der Waals surface area contributed by atoms with E-state index in [2.05, 4.69) is 41.1 Å². The molecule has 0 saturated carbocycles. The lowest BCUT2D eigenvalue weighted by Gasteiger charge is -2.37. The summed E-state index contributed by atoms with van der Waals surface area (Å²) in [6, 6.07) is 10.5. The summed E-state index contributed by atoms with van der Waals surface area (Å²) in [6.07, 6.45) is 5.77. The average molecular weight is 507 g/mol. The second-order valence-corrected chi connectivity index (χ2v) is 11.4. The first-order valence-corrected chi connectivity index (χ1v) is 13.3. The first kappa shape index (κ1) is 24.8. The van der Waals surface area contributed by atoms with Gasteiger partial charge in [0, 0.05) is 48.9 Å². The SMILES string of the molecule is CC1=NCCN1CC1=Cc2cc(Cl)ccc2C(C2CCN(C(=O)OC(C)(C)C)CC2)c2ncccc21. The maximum Gasteiger partial charge on any atom is 0.410 e. The number of fused-ring (bicyclic) bond motifs is 2. The zero-order valence-corrected chi connectivity index (χ0v) is 22.4. The van der Waals surface area contributed by atoms with Crippen molar-refractivity contribution in [1.82, 2.24) is 14.8 Å². The van der Waals surface area contributed by atoms with Crippen molar-refractivity contribution in [3.05, 3.63) is 63.9 Å². The average Bonchev–Trinajstić information content (AvgIpc) is 3.18. The predicted octanol–water partition coefficient (Wildman–Crippen LogP) is 6.10. The highest BCUT2D eigenvalue weighted by Gasteiger charge is 2.36. The Morgan fingerprint density at radius 2 is 1.94 bits per heavy atom. The molecular formula is C29H35ClN4O2. The van der Waals surface area contributed by atoms with Crippen LogP contribution in [0.4, 0.5) is 4.79 Å². The number of carbonyl (C=O) groups is 1. The van der Waals surface area contributed by atoms with Gasteiger partial charge in [0.05, 0.1) is 18.1 Å². The molecule has 0 radical (unpaired) electrons. The molecular weight excluding hydrogens is 472 g/mol. The Morgan fingerprint density at radius 1 is 1.17 bits per heavy atom. The monoisotopic (exact) mass is 506 g/mol. The molecule has 1 fully saturated rings. The summed E-state index contributed by atoms with van der Waals surface area (Å²) in [6.45, 7) is 11.8. The lowest BCUT2D eigenvalue weighted by Crippen LogP contribution is -2.42. The first-order valence-electron chi connectivity index (χ1n) is 12.9. The van der Waals surface area contributed by atoms with Gasteiger partial charge in [-0.1, -0.05) is 23.7 Å². The minimum Gasteiger partial charge on any atom is -0.444 e. The van der Waals surface area contributed by atoms with Gasteiger partial charge in [-0.15, -0.1) is 0 Å². The third kappa shape index (κ3) is 5.15. The number of halogens is 1. The molecule has 0 N–H and O–H groups in total. The number of piperidine rings is 1. The number of amides is 1. The standard InChI is InChI=1S/C29H35ClN4O2/c1-19-31-12-15-34(19)18-22-16-21-17-23(30)7-8-24(21)26(27-25(22)6-5-11-32-27)20-9-13-33(14-10-20)28(35)36-29(2,3)4/h5-8,11,16-17,20,26H,9-10,12-15,18H2,1-4H3. The topological polar surface area (TPSA) is 58.0 Å². The summed E-state index contributed by atoms with van der Waals surface area (Å²) in [4.78, 5) is 26.4. The van der Waals surface area contributed by atoms with E-state index < -0.39 is 5.60 Å². The summed E-state index contributed by atoms with van der Waals surface area (Å²) in [5.41, 5.74) is 5.49. The van der Waals surface area contributed by atoms with Crippen LogP contribution in [-0.4, -0.2) is 65.0 Å². The lowest BCUT2D eigenvalue weighted by molar-refractivity contribution is 0.0178. The van der Waals surface area contributed by atoms with E-state index >= 15 is 0 Å². The minimum atomic E-state index is -0.489. The Balaban J connectivity index is 1.48. The molecule has 190 valence electrons. The number of aliphatic imine (C=N–C) groups is 1. The summed E-state index contributed by atoms with van der Waals surface area (Å²) in [7, 11) is 0. The van der Waals surface area contributed by atoms with E-state index in [9.17, 15) is 4.79 Å². The van der Waals surface area contributed by atoms with Crippen molar-refractivity contribution in [3.8, 4) is 0 Å². The predicted molar refractivity (Wildman–Crippen MR) is 145 cm³/mol. The molecule has 36 heavy (non-hydrogen) atoms. The number of rotatable bonds is 3. The second kappa shape index (κ2) is 9.89. The molecule has 2 aliphatic heterocycles. The fraction of sp³-hybridized carbons (Fsp3) is 0.483. The van der Waals surface area contributed by atoms with E-state index in [1.165, 1.54) is 16.7 Å². The molecule has 1 aromatic heterocycles. The number of hydrogen-bond acceptors (Lipinski definition) is 5. The van der Waals surface area contributed by atoms with E-state index in [4.69, 9.17) is 21.3 Å². The van der Waals surface area contributed by atoms with Crippen LogP contribution in [0.25, 0.3) is 11.6 Å². The molecule has 7 heteroatoms. The normalized spacial score (nSPS) is 20.3. The molecule has 1 aliphatic carbocycles. The first-order chi connectivity index (χ1) is 17.2. The number of hydrogen-bond donors (Lipinski definition) is 0. The third-order valence-corrected chi connectivity index (χ3v) is 7.62. The summed E-state index contributed by atoms with van der Waals surface area (Å²) >= 11 is 6.49. The van der Waals surface area contributed by atoms with Gasteiger partial charge in [-0.2, -0.15) is 0 Å². The quantitative estimate of drug-likeness (QED) is 0.504. The van der Waals surface area contributed by atoms with Crippen LogP contribution in [0.2, 0.25) is 5.02 Å². The van der Waals surface area contributed by atoms with Crippen molar-refractivity contribution in [1.29, 1.82) is 0 Å². The zero-order valence-electron chi connectivity index (χ0n) is 21.6. The third-order valence-electron chi connectivity index (χ3n) is 7.38. The van der Waals surface area contributed by atoms with Gasteiger partial charge < -0.3 is 14.5 Å². The molecule has 1 amide bonds. The van der Waals surface area contributed by atoms with Crippen LogP contribution in [0.3, 0.4) is 0 Å². The minimum absolute atomic E-state index is 0.136. The van der Waals surface area contributed by atoms with Crippen molar-refractivity contribution in [2.24, 2.45) is 10.9 Å². The van der Waals surface area contributed by atoms with Gasteiger partial charge in [0.25, 0.3) is 0 Å². The molecule has 1 unspecified atom stereocenters. The Labute approximate surface area is 219 Å². The Hall–Kier alpha value is -2.86. The molecule has 5 rings (SSSR count). The zero-order chi connectivity index (χ0) is 25.4. The molecule has 2 aromatic rings. The largest absolute Gasteiger partial charge is 0.444 e. The summed E-state index contributed by atoms with van der Waals surface area (Å²) < 4.78 is 5.63. The van der Waals surface area contributed by atoms with Crippen molar-refractivity contribution in [2.75, 3.05) is 32.7 Å².